The highest BCUT2D eigenvalue weighted by Crippen LogP contribution is 2.23. The average Bonchev–Trinajstić information content (AvgIpc) is 2.47. The predicted molar refractivity (Wildman–Crippen MR) is 86.8 cm³/mol. The molecule has 0 spiro atoms. The molecule has 1 fully saturated rings. The molecule has 1 saturated heterocycles. The van der Waals surface area contributed by atoms with E-state index in [2.05, 4.69) is 22.3 Å². The molecule has 0 unspecified atom stereocenters. The number of hydrogen-bond donors (Lipinski definition) is 1. The first-order valence-corrected chi connectivity index (χ1v) is 7.76. The maximum Gasteiger partial charge on any atom is 0.224 e. The quantitative estimate of drug-likeness (QED) is 0.904. The zero-order chi connectivity index (χ0) is 15.2. The van der Waals surface area contributed by atoms with Gasteiger partial charge in [0, 0.05) is 38.0 Å². The van der Waals surface area contributed by atoms with Gasteiger partial charge in [0.15, 0.2) is 0 Å². The monoisotopic (exact) mass is 290 g/mol. The molecule has 1 aromatic carbocycles. The molecule has 0 bridgehead atoms. The van der Waals surface area contributed by atoms with Gasteiger partial charge in [-0.15, -0.1) is 0 Å². The van der Waals surface area contributed by atoms with Gasteiger partial charge in [0.05, 0.1) is 6.10 Å². The first-order chi connectivity index (χ1) is 10.1. The van der Waals surface area contributed by atoms with E-state index in [9.17, 15) is 4.79 Å². The fourth-order valence-corrected chi connectivity index (χ4v) is 2.70. The van der Waals surface area contributed by atoms with Gasteiger partial charge >= 0.3 is 0 Å². The zero-order valence-corrected chi connectivity index (χ0v) is 13.3. The number of methoxy groups -OCH3 is 1. The highest BCUT2D eigenvalue weighted by Gasteiger charge is 2.19. The number of nitrogens with zero attached hydrogens (tertiary/aromatic N) is 1. The van der Waals surface area contributed by atoms with Gasteiger partial charge in [-0.25, -0.2) is 0 Å². The summed E-state index contributed by atoms with van der Waals surface area (Å²) in [6.07, 6.45) is 3.18. The fourth-order valence-electron chi connectivity index (χ4n) is 2.70. The first-order valence-electron chi connectivity index (χ1n) is 7.76. The lowest BCUT2D eigenvalue weighted by molar-refractivity contribution is -0.116. The van der Waals surface area contributed by atoms with Gasteiger partial charge in [0.25, 0.3) is 0 Å². The summed E-state index contributed by atoms with van der Waals surface area (Å²) in [7, 11) is 1.78. The number of anilines is 2. The van der Waals surface area contributed by atoms with E-state index in [1.165, 1.54) is 5.69 Å². The lowest BCUT2D eigenvalue weighted by Gasteiger charge is -2.33. The first kappa shape index (κ1) is 15.8. The Kier molecular flexibility index (Phi) is 5.62. The smallest absolute Gasteiger partial charge is 0.224 e. The third kappa shape index (κ3) is 4.74. The lowest BCUT2D eigenvalue weighted by Crippen LogP contribution is -2.39. The minimum Gasteiger partial charge on any atom is -0.380 e. The molecule has 1 aliphatic rings. The summed E-state index contributed by atoms with van der Waals surface area (Å²) in [5, 5.41) is 2.94. The molecule has 0 radical (unpaired) electrons. The molecule has 1 heterocycles. The normalized spacial score (nSPS) is 18.9. The zero-order valence-electron chi connectivity index (χ0n) is 13.3. The number of amides is 1. The maximum atomic E-state index is 11.8. The third-order valence-corrected chi connectivity index (χ3v) is 3.82. The molecule has 1 N–H and O–H groups in total. The number of rotatable bonds is 5. The van der Waals surface area contributed by atoms with Gasteiger partial charge in [0.1, 0.15) is 0 Å². The third-order valence-electron chi connectivity index (χ3n) is 3.82. The van der Waals surface area contributed by atoms with Crippen LogP contribution in [0.3, 0.4) is 0 Å². The van der Waals surface area contributed by atoms with Gasteiger partial charge in [0.2, 0.25) is 5.91 Å². The van der Waals surface area contributed by atoms with Gasteiger partial charge in [-0.1, -0.05) is 13.8 Å². The second kappa shape index (κ2) is 7.46. The minimum atomic E-state index is 0.0789. The Morgan fingerprint density at radius 3 is 2.71 bits per heavy atom. The van der Waals surface area contributed by atoms with Gasteiger partial charge < -0.3 is 15.0 Å². The van der Waals surface area contributed by atoms with E-state index >= 15 is 0 Å². The van der Waals surface area contributed by atoms with E-state index in [0.29, 0.717) is 18.4 Å². The van der Waals surface area contributed by atoms with E-state index < -0.39 is 0 Å². The van der Waals surface area contributed by atoms with Crippen molar-refractivity contribution in [2.75, 3.05) is 30.4 Å². The predicted octanol–water partition coefficient (Wildman–Crippen LogP) is 3.29. The minimum absolute atomic E-state index is 0.0789. The molecular formula is C17H26N2O2. The molecule has 21 heavy (non-hydrogen) atoms. The maximum absolute atomic E-state index is 11.8. The summed E-state index contributed by atoms with van der Waals surface area (Å²) >= 11 is 0. The Balaban J connectivity index is 1.94. The number of piperidine rings is 1. The van der Waals surface area contributed by atoms with Crippen LogP contribution in [0.2, 0.25) is 0 Å². The molecule has 1 atom stereocenters. The Bertz CT molecular complexity index is 456. The van der Waals surface area contributed by atoms with Crippen LogP contribution in [0, 0.1) is 5.92 Å². The second-order valence-electron chi connectivity index (χ2n) is 6.14. The molecule has 2 rings (SSSR count). The number of carbonyl (C=O) groups is 1. The Labute approximate surface area is 127 Å². The number of carbonyl (C=O) groups excluding carboxylic acids is 1. The summed E-state index contributed by atoms with van der Waals surface area (Å²) in [6, 6.07) is 8.10. The molecule has 1 amide bonds. The summed E-state index contributed by atoms with van der Waals surface area (Å²) in [5.74, 6) is 0.457. The number of nitrogens with one attached hydrogen (secondary N) is 1. The highest BCUT2D eigenvalue weighted by molar-refractivity contribution is 5.90. The van der Waals surface area contributed by atoms with Crippen LogP contribution in [0.5, 0.6) is 0 Å². The van der Waals surface area contributed by atoms with Crippen molar-refractivity contribution in [1.29, 1.82) is 0 Å². The van der Waals surface area contributed by atoms with Crippen molar-refractivity contribution in [3.8, 4) is 0 Å². The van der Waals surface area contributed by atoms with E-state index in [1.54, 1.807) is 7.11 Å². The summed E-state index contributed by atoms with van der Waals surface area (Å²) in [6.45, 7) is 6.10. The van der Waals surface area contributed by atoms with Crippen LogP contribution in [0.15, 0.2) is 24.3 Å². The second-order valence-corrected chi connectivity index (χ2v) is 6.14. The van der Waals surface area contributed by atoms with Gasteiger partial charge in [-0.05, 0) is 43.0 Å². The molecule has 0 aromatic heterocycles. The molecule has 4 nitrogen and oxygen atoms in total. The molecular weight excluding hydrogens is 264 g/mol. The van der Waals surface area contributed by atoms with Crippen molar-refractivity contribution < 1.29 is 9.53 Å². The molecule has 1 aromatic rings. The summed E-state index contributed by atoms with van der Waals surface area (Å²) in [4.78, 5) is 14.1. The number of hydrogen-bond acceptors (Lipinski definition) is 3. The van der Waals surface area contributed by atoms with Crippen molar-refractivity contribution >= 4 is 17.3 Å². The average molecular weight is 290 g/mol. The Morgan fingerprint density at radius 1 is 1.38 bits per heavy atom. The molecule has 1 aliphatic heterocycles. The molecule has 0 aliphatic carbocycles. The van der Waals surface area contributed by atoms with Crippen LogP contribution in [0.1, 0.15) is 33.1 Å². The van der Waals surface area contributed by atoms with Crippen LogP contribution < -0.4 is 10.2 Å². The van der Waals surface area contributed by atoms with E-state index in [-0.39, 0.29) is 5.91 Å². The lowest BCUT2D eigenvalue weighted by atomic mass is 10.1. The Hall–Kier alpha value is -1.55. The molecule has 116 valence electrons. The van der Waals surface area contributed by atoms with Crippen molar-refractivity contribution in [2.24, 2.45) is 5.92 Å². The van der Waals surface area contributed by atoms with Crippen molar-refractivity contribution in [1.82, 2.24) is 0 Å². The SMILES string of the molecule is CO[C@H]1CCCN(c2ccc(NC(=O)CC(C)C)cc2)C1. The van der Waals surface area contributed by atoms with Gasteiger partial charge in [-0.2, -0.15) is 0 Å². The van der Waals surface area contributed by atoms with Crippen molar-refractivity contribution in [3.63, 3.8) is 0 Å². The van der Waals surface area contributed by atoms with Crippen LogP contribution in [-0.2, 0) is 9.53 Å². The van der Waals surface area contributed by atoms with Crippen molar-refractivity contribution in [2.45, 2.75) is 39.2 Å². The molecule has 4 heteroatoms. The van der Waals surface area contributed by atoms with Crippen LogP contribution in [0.4, 0.5) is 11.4 Å². The summed E-state index contributed by atoms with van der Waals surface area (Å²) < 4.78 is 5.46. The van der Waals surface area contributed by atoms with Crippen LogP contribution in [0.25, 0.3) is 0 Å². The van der Waals surface area contributed by atoms with Crippen molar-refractivity contribution in [3.05, 3.63) is 24.3 Å². The number of benzene rings is 1. The fraction of sp³-hybridized carbons (Fsp3) is 0.588. The largest absolute Gasteiger partial charge is 0.380 e. The van der Waals surface area contributed by atoms with E-state index in [0.717, 1.165) is 31.6 Å². The van der Waals surface area contributed by atoms with E-state index in [4.69, 9.17) is 4.74 Å². The summed E-state index contributed by atoms with van der Waals surface area (Å²) in [5.41, 5.74) is 2.06. The van der Waals surface area contributed by atoms with Crippen LogP contribution in [-0.4, -0.2) is 32.2 Å². The topological polar surface area (TPSA) is 41.6 Å². The van der Waals surface area contributed by atoms with E-state index in [1.807, 2.05) is 26.0 Å². The molecule has 0 saturated carbocycles. The highest BCUT2D eigenvalue weighted by atomic mass is 16.5. The van der Waals surface area contributed by atoms with Gasteiger partial charge in [-0.3, -0.25) is 4.79 Å². The Morgan fingerprint density at radius 2 is 2.10 bits per heavy atom. The van der Waals surface area contributed by atoms with Crippen LogP contribution >= 0.6 is 0 Å². The number of ether oxygens (including phenoxy) is 1. The standard InChI is InChI=1S/C17H26N2O2/c1-13(2)11-17(20)18-14-6-8-15(9-7-14)19-10-4-5-16(12-19)21-3/h6-9,13,16H,4-5,10-12H2,1-3H3,(H,18,20)/t16-/m0/s1.